The maximum Gasteiger partial charge on any atom is 0.252 e. The first-order chi connectivity index (χ1) is 35.4. The summed E-state index contributed by atoms with van der Waals surface area (Å²) in [5, 5.41) is 13.4. The van der Waals surface area contributed by atoms with Gasteiger partial charge in [-0.05, 0) is 139 Å². The number of para-hydroxylation sites is 2. The normalized spacial score (nSPS) is 14.1. The molecule has 15 rings (SSSR count). The molecule has 12 aromatic rings. The van der Waals surface area contributed by atoms with Crippen LogP contribution in [0.4, 0.5) is 34.1 Å². The van der Waals surface area contributed by atoms with Gasteiger partial charge in [0.15, 0.2) is 8.07 Å². The second kappa shape index (κ2) is 15.3. The fourth-order valence-electron chi connectivity index (χ4n) is 13.2. The lowest BCUT2D eigenvalue weighted by molar-refractivity contribution is 0.590. The fraction of sp³-hybridized carbons (Fsp3) is 0.0588. The van der Waals surface area contributed by atoms with Gasteiger partial charge in [0.25, 0.3) is 6.71 Å². The van der Waals surface area contributed by atoms with E-state index in [0.29, 0.717) is 0 Å². The van der Waals surface area contributed by atoms with E-state index in [1.165, 1.54) is 131 Å². The van der Waals surface area contributed by atoms with Crippen molar-refractivity contribution in [2.45, 2.75) is 26.2 Å². The van der Waals surface area contributed by atoms with Crippen LogP contribution < -0.4 is 46.9 Å². The van der Waals surface area contributed by atoms with Gasteiger partial charge in [0.05, 0.1) is 0 Å². The van der Waals surface area contributed by atoms with Gasteiger partial charge in [0, 0.05) is 34.1 Å². The van der Waals surface area contributed by atoms with Crippen LogP contribution >= 0.6 is 0 Å². The summed E-state index contributed by atoms with van der Waals surface area (Å²) in [7, 11) is -2.93. The molecule has 2 nitrogen and oxygen atoms in total. The molecule has 72 heavy (non-hydrogen) atoms. The zero-order valence-electron chi connectivity index (χ0n) is 40.6. The van der Waals surface area contributed by atoms with Crippen molar-refractivity contribution in [3.05, 3.63) is 248 Å². The summed E-state index contributed by atoms with van der Waals surface area (Å²) in [6.07, 6.45) is 0. The molecular formula is C68H49BN2Si. The minimum Gasteiger partial charge on any atom is -0.312 e. The topological polar surface area (TPSA) is 6.48 Å². The molecule has 0 aliphatic carbocycles. The molecule has 338 valence electrons. The number of anilines is 6. The van der Waals surface area contributed by atoms with Crippen LogP contribution in [0.1, 0.15) is 26.3 Å². The summed E-state index contributed by atoms with van der Waals surface area (Å²) in [5.74, 6) is 0. The maximum absolute atomic E-state index is 2.93. The Morgan fingerprint density at radius 2 is 0.986 bits per heavy atom. The van der Waals surface area contributed by atoms with Gasteiger partial charge in [-0.3, -0.25) is 0 Å². The number of hydrogen-bond donors (Lipinski definition) is 0. The maximum atomic E-state index is 2.69. The van der Waals surface area contributed by atoms with Crippen LogP contribution in [0.25, 0.3) is 54.6 Å². The number of rotatable bonds is 5. The van der Waals surface area contributed by atoms with E-state index in [4.69, 9.17) is 0 Å². The average Bonchev–Trinajstić information content (AvgIpc) is 3.43. The predicted octanol–water partition coefficient (Wildman–Crippen LogP) is 13.0. The van der Waals surface area contributed by atoms with E-state index in [-0.39, 0.29) is 12.1 Å². The summed E-state index contributed by atoms with van der Waals surface area (Å²) in [6.45, 7) is 6.94. The third-order valence-corrected chi connectivity index (χ3v) is 21.2. The minimum atomic E-state index is -2.93. The van der Waals surface area contributed by atoms with Crippen LogP contribution in [0, 0.1) is 0 Å². The first kappa shape index (κ1) is 41.4. The molecule has 0 amide bonds. The molecule has 0 atom stereocenters. The molecule has 3 aliphatic rings. The number of hydrogen-bond acceptors (Lipinski definition) is 2. The number of fused-ring (bicyclic) bond motifs is 6. The Morgan fingerprint density at radius 1 is 0.389 bits per heavy atom. The molecule has 0 saturated heterocycles. The minimum absolute atomic E-state index is 0.0398. The van der Waals surface area contributed by atoms with Crippen molar-refractivity contribution in [2.75, 3.05) is 9.80 Å². The number of benzene rings is 12. The molecule has 3 aliphatic heterocycles. The molecule has 0 saturated carbocycles. The molecule has 0 fully saturated rings. The third kappa shape index (κ3) is 5.73. The summed E-state index contributed by atoms with van der Waals surface area (Å²) in [4.78, 5) is 5.31. The first-order valence-electron chi connectivity index (χ1n) is 25.5. The lowest BCUT2D eigenvalue weighted by atomic mass is 9.33. The van der Waals surface area contributed by atoms with Gasteiger partial charge in [-0.25, -0.2) is 0 Å². The van der Waals surface area contributed by atoms with Crippen LogP contribution in [-0.2, 0) is 5.41 Å². The molecule has 12 aromatic carbocycles. The van der Waals surface area contributed by atoms with E-state index in [1.54, 1.807) is 0 Å². The summed E-state index contributed by atoms with van der Waals surface area (Å²) in [5.41, 5.74) is 17.6. The molecule has 0 unspecified atom stereocenters. The molecule has 0 aromatic heterocycles. The van der Waals surface area contributed by atoms with Crippen LogP contribution in [0.3, 0.4) is 0 Å². The van der Waals surface area contributed by atoms with Gasteiger partial charge in [0.1, 0.15) is 0 Å². The van der Waals surface area contributed by atoms with E-state index < -0.39 is 8.07 Å². The lowest BCUT2D eigenvalue weighted by Gasteiger charge is -2.51. The molecular weight excluding hydrogens is 884 g/mol. The summed E-state index contributed by atoms with van der Waals surface area (Å²) in [6, 6.07) is 93.0. The van der Waals surface area contributed by atoms with E-state index in [1.807, 2.05) is 0 Å². The Hall–Kier alpha value is -8.44. The first-order valence-corrected chi connectivity index (χ1v) is 27.5. The zero-order chi connectivity index (χ0) is 47.9. The summed E-state index contributed by atoms with van der Waals surface area (Å²) >= 11 is 0. The largest absolute Gasteiger partial charge is 0.312 e. The van der Waals surface area contributed by atoms with Crippen molar-refractivity contribution in [2.24, 2.45) is 0 Å². The van der Waals surface area contributed by atoms with Gasteiger partial charge >= 0.3 is 0 Å². The Morgan fingerprint density at radius 3 is 1.72 bits per heavy atom. The fourth-order valence-corrected chi connectivity index (χ4v) is 18.4. The Kier molecular flexibility index (Phi) is 8.78. The van der Waals surface area contributed by atoms with Crippen molar-refractivity contribution < 1.29 is 0 Å². The smallest absolute Gasteiger partial charge is 0.252 e. The SMILES string of the molecule is CC(C)(C)c1cccc(N2c3cc(-c4ccccc4)ccc3B3c4cccc5c4N(c4ccccc4[Si]5(c4ccccc4)c4ccccc4)c4cc(-c5ccc6ccc7cccc8ccc5c6c78)cc2c43)c1. The van der Waals surface area contributed by atoms with Gasteiger partial charge in [-0.15, -0.1) is 0 Å². The molecule has 3 heterocycles. The van der Waals surface area contributed by atoms with Crippen molar-refractivity contribution in [3.63, 3.8) is 0 Å². The van der Waals surface area contributed by atoms with E-state index in [2.05, 4.69) is 273 Å². The molecule has 0 spiro atoms. The Labute approximate surface area is 422 Å². The van der Waals surface area contributed by atoms with Crippen molar-refractivity contribution in [1.82, 2.24) is 0 Å². The van der Waals surface area contributed by atoms with Gasteiger partial charge in [-0.1, -0.05) is 227 Å². The Balaban J connectivity index is 1.10. The van der Waals surface area contributed by atoms with Crippen LogP contribution in [0.5, 0.6) is 0 Å². The van der Waals surface area contributed by atoms with Gasteiger partial charge in [-0.2, -0.15) is 0 Å². The highest BCUT2D eigenvalue weighted by Crippen LogP contribution is 2.49. The molecule has 0 radical (unpaired) electrons. The van der Waals surface area contributed by atoms with Gasteiger partial charge < -0.3 is 9.80 Å². The van der Waals surface area contributed by atoms with Crippen LogP contribution in [-0.4, -0.2) is 14.8 Å². The second-order valence-corrected chi connectivity index (χ2v) is 24.9. The Bertz CT molecular complexity index is 4110. The predicted molar refractivity (Wildman–Crippen MR) is 311 cm³/mol. The molecule has 0 bridgehead atoms. The lowest BCUT2D eigenvalue weighted by Crippen LogP contribution is -2.79. The summed E-state index contributed by atoms with van der Waals surface area (Å²) < 4.78 is 0. The van der Waals surface area contributed by atoms with E-state index >= 15 is 0 Å². The zero-order valence-corrected chi connectivity index (χ0v) is 41.6. The molecule has 4 heteroatoms. The van der Waals surface area contributed by atoms with Crippen molar-refractivity contribution >= 4 is 118 Å². The highest BCUT2D eigenvalue weighted by Gasteiger charge is 2.53. The number of nitrogens with zero attached hydrogens (tertiary/aromatic N) is 2. The molecule has 0 N–H and O–H groups in total. The quantitative estimate of drug-likeness (QED) is 0.125. The van der Waals surface area contributed by atoms with E-state index in [9.17, 15) is 0 Å². The third-order valence-electron chi connectivity index (χ3n) is 16.4. The van der Waals surface area contributed by atoms with E-state index in [0.717, 1.165) is 0 Å². The van der Waals surface area contributed by atoms with Crippen LogP contribution in [0.15, 0.2) is 243 Å². The standard InChI is InChI=1S/C68H49BN2Si/c1-68(2,3)50-22-16-23-51(43-50)70-59-40-48(44-18-7-4-8-19-44)36-39-56(59)69-57-28-17-31-63-67(57)71(58-29-13-14-30-62(58)72(63,52-24-9-5-10-25-52)53-26-11-6-12-27-53)61-42-49(41-60(70)66(61)69)54-37-34-47-33-32-45-20-15-21-46-35-38-55(54)65(47)64(45)46/h4-43H,1-3H3. The monoisotopic (exact) mass is 932 g/mol. The van der Waals surface area contributed by atoms with Crippen molar-refractivity contribution in [3.8, 4) is 22.3 Å². The van der Waals surface area contributed by atoms with Crippen LogP contribution in [0.2, 0.25) is 0 Å². The second-order valence-electron chi connectivity index (χ2n) is 21.2. The van der Waals surface area contributed by atoms with Gasteiger partial charge in [0.2, 0.25) is 0 Å². The average molecular weight is 933 g/mol. The highest BCUT2D eigenvalue weighted by atomic mass is 28.3. The van der Waals surface area contributed by atoms with Crippen molar-refractivity contribution in [1.29, 1.82) is 0 Å². The highest BCUT2D eigenvalue weighted by molar-refractivity contribution is 7.22.